The molecule has 0 rings (SSSR count). The Morgan fingerprint density at radius 3 is 1.33 bits per heavy atom. The molecule has 0 spiro atoms. The molecule has 0 aliphatic rings. The van der Waals surface area contributed by atoms with E-state index >= 15 is 0 Å². The van der Waals surface area contributed by atoms with Crippen LogP contribution in [0.5, 0.6) is 0 Å². The SMILES string of the molecule is C[CH-]C.[Cl][Zr][Cl]. The van der Waals surface area contributed by atoms with Gasteiger partial charge in [0.1, 0.15) is 0 Å². The first-order valence-corrected chi connectivity index (χ1v) is 7.86. The predicted octanol–water partition coefficient (Wildman–Crippen LogP) is 2.61. The third-order valence-electron chi connectivity index (χ3n) is 0. The zero-order chi connectivity index (χ0) is 5.41. The first kappa shape index (κ1) is 10.4. The van der Waals surface area contributed by atoms with Crippen molar-refractivity contribution in [2.24, 2.45) is 0 Å². The summed E-state index contributed by atoms with van der Waals surface area (Å²) in [6, 6.07) is 0. The molecule has 3 heteroatoms. The van der Waals surface area contributed by atoms with Crippen molar-refractivity contribution in [3.63, 3.8) is 0 Å². The fourth-order valence-electron chi connectivity index (χ4n) is 0. The molecule has 0 atom stereocenters. The van der Waals surface area contributed by atoms with Gasteiger partial charge in [0, 0.05) is 0 Å². The standard InChI is InChI=1S/C3H7.2ClH.Zr/c1-3-2;;;/h3H,1-2H3;2*1H;/q-1;;;+2/p-2. The van der Waals surface area contributed by atoms with Crippen LogP contribution in [0.25, 0.3) is 0 Å². The zero-order valence-electron chi connectivity index (χ0n) is 3.83. The number of halogens is 2. The van der Waals surface area contributed by atoms with Gasteiger partial charge in [-0.15, -0.1) is 0 Å². The molecular weight excluding hydrogens is 198 g/mol. The van der Waals surface area contributed by atoms with Gasteiger partial charge in [0.25, 0.3) is 0 Å². The number of rotatable bonds is 0. The average molecular weight is 205 g/mol. The molecule has 0 heterocycles. The van der Waals surface area contributed by atoms with Gasteiger partial charge in [0.2, 0.25) is 0 Å². The summed E-state index contributed by atoms with van der Waals surface area (Å²) in [6.45, 7) is 4.00. The molecule has 0 fully saturated rings. The van der Waals surface area contributed by atoms with Gasteiger partial charge < -0.3 is 6.42 Å². The Bertz CT molecular complexity index is 10.8. The van der Waals surface area contributed by atoms with Crippen LogP contribution >= 0.6 is 17.0 Å². The van der Waals surface area contributed by atoms with Crippen molar-refractivity contribution in [2.45, 2.75) is 13.8 Å². The van der Waals surface area contributed by atoms with Gasteiger partial charge in [-0.3, -0.25) is 0 Å². The van der Waals surface area contributed by atoms with Gasteiger partial charge in [-0.05, 0) is 0 Å². The van der Waals surface area contributed by atoms with E-state index in [0.29, 0.717) is 0 Å². The van der Waals surface area contributed by atoms with E-state index in [9.17, 15) is 0 Å². The monoisotopic (exact) mass is 203 g/mol. The Labute approximate surface area is 57.9 Å². The Hall–Kier alpha value is 1.46. The molecule has 0 aromatic heterocycles. The molecule has 0 bridgehead atoms. The Kier molecular flexibility index (Phi) is 28.0. The molecule has 0 nitrogen and oxygen atoms in total. The molecule has 0 unspecified atom stereocenters. The van der Waals surface area contributed by atoms with Gasteiger partial charge in [-0.1, -0.05) is 0 Å². The van der Waals surface area contributed by atoms with Gasteiger partial charge >= 0.3 is 37.9 Å². The van der Waals surface area contributed by atoms with Crippen LogP contribution in [0.15, 0.2) is 0 Å². The van der Waals surface area contributed by atoms with Crippen molar-refractivity contribution in [1.82, 2.24) is 0 Å². The van der Waals surface area contributed by atoms with E-state index in [1.54, 1.807) is 0 Å². The van der Waals surface area contributed by atoms with E-state index < -0.39 is 20.8 Å². The number of hydrogen-bond acceptors (Lipinski definition) is 0. The van der Waals surface area contributed by atoms with Crippen molar-refractivity contribution in [2.75, 3.05) is 0 Å². The Morgan fingerprint density at radius 1 is 1.33 bits per heavy atom. The third kappa shape index (κ3) is 50.8. The van der Waals surface area contributed by atoms with Crippen LogP contribution in [-0.2, 0) is 20.8 Å². The van der Waals surface area contributed by atoms with Gasteiger partial charge in [-0.25, -0.2) is 0 Å². The van der Waals surface area contributed by atoms with E-state index in [-0.39, 0.29) is 0 Å². The van der Waals surface area contributed by atoms with Crippen molar-refractivity contribution in [3.05, 3.63) is 6.42 Å². The minimum absolute atomic E-state index is 0.826. The maximum atomic E-state index is 4.93. The summed E-state index contributed by atoms with van der Waals surface area (Å²) in [5, 5.41) is 0. The first-order chi connectivity index (χ1) is 2.83. The summed E-state index contributed by atoms with van der Waals surface area (Å²) >= 11 is -0.826. The minimum atomic E-state index is -0.826. The predicted molar refractivity (Wildman–Crippen MR) is 27.4 cm³/mol. The summed E-state index contributed by atoms with van der Waals surface area (Å²) in [5.74, 6) is 0. The van der Waals surface area contributed by atoms with E-state index in [0.717, 1.165) is 0 Å². The molecule has 0 saturated carbocycles. The van der Waals surface area contributed by atoms with Crippen LogP contribution < -0.4 is 0 Å². The molecule has 0 amide bonds. The Morgan fingerprint density at radius 2 is 1.33 bits per heavy atom. The molecule has 0 aromatic rings. The summed E-state index contributed by atoms with van der Waals surface area (Å²) < 4.78 is 0. The first-order valence-electron chi connectivity index (χ1n) is 1.53. The van der Waals surface area contributed by atoms with Crippen molar-refractivity contribution < 1.29 is 20.8 Å². The average Bonchev–Trinajstić information content (AvgIpc) is 1.39. The van der Waals surface area contributed by atoms with Crippen molar-refractivity contribution >= 4 is 17.0 Å². The Balaban J connectivity index is 0. The summed E-state index contributed by atoms with van der Waals surface area (Å²) in [7, 11) is 9.87. The molecule has 0 aromatic carbocycles. The molecule has 0 saturated heterocycles. The van der Waals surface area contributed by atoms with Crippen molar-refractivity contribution in [1.29, 1.82) is 0 Å². The van der Waals surface area contributed by atoms with Crippen LogP contribution in [0.3, 0.4) is 0 Å². The van der Waals surface area contributed by atoms with Gasteiger partial charge in [0.15, 0.2) is 0 Å². The fraction of sp³-hybridized carbons (Fsp3) is 0.667. The third-order valence-corrected chi connectivity index (χ3v) is 0. The fourth-order valence-corrected chi connectivity index (χ4v) is 0. The van der Waals surface area contributed by atoms with E-state index in [1.165, 1.54) is 0 Å². The second-order valence-corrected chi connectivity index (χ2v) is 4.38. The molecule has 0 radical (unpaired) electrons. The second-order valence-electron chi connectivity index (χ2n) is 0.649. The van der Waals surface area contributed by atoms with Gasteiger partial charge in [0.05, 0.1) is 0 Å². The molecule has 0 N–H and O–H groups in total. The number of hydrogen-bond donors (Lipinski definition) is 0. The van der Waals surface area contributed by atoms with E-state index in [1.807, 2.05) is 20.3 Å². The van der Waals surface area contributed by atoms with Gasteiger partial charge in [-0.2, -0.15) is 13.8 Å². The normalized spacial score (nSPS) is 5.33. The van der Waals surface area contributed by atoms with Crippen LogP contribution in [0.4, 0.5) is 0 Å². The van der Waals surface area contributed by atoms with Crippen LogP contribution in [0.1, 0.15) is 13.8 Å². The topological polar surface area (TPSA) is 0 Å². The summed E-state index contributed by atoms with van der Waals surface area (Å²) in [6.07, 6.45) is 2.00. The quantitative estimate of drug-likeness (QED) is 0.533. The molecule has 6 heavy (non-hydrogen) atoms. The maximum absolute atomic E-state index is 4.93. The van der Waals surface area contributed by atoms with E-state index in [2.05, 4.69) is 0 Å². The van der Waals surface area contributed by atoms with E-state index in [4.69, 9.17) is 17.0 Å². The molecule has 0 aliphatic heterocycles. The zero-order valence-corrected chi connectivity index (χ0v) is 7.80. The summed E-state index contributed by atoms with van der Waals surface area (Å²) in [4.78, 5) is 0. The molecular formula is C3H7Cl2Zr-. The van der Waals surface area contributed by atoms with Crippen LogP contribution in [0.2, 0.25) is 0 Å². The molecule has 38 valence electrons. The van der Waals surface area contributed by atoms with Crippen LogP contribution in [-0.4, -0.2) is 0 Å². The summed E-state index contributed by atoms with van der Waals surface area (Å²) in [5.41, 5.74) is 0. The van der Waals surface area contributed by atoms with Crippen LogP contribution in [0, 0.1) is 6.42 Å². The molecule has 0 aliphatic carbocycles. The second kappa shape index (κ2) is 16.1. The van der Waals surface area contributed by atoms with Crippen molar-refractivity contribution in [3.8, 4) is 0 Å².